The molecule has 130 valence electrons. The Morgan fingerprint density at radius 1 is 1.46 bits per heavy atom. The van der Waals surface area contributed by atoms with Crippen molar-refractivity contribution < 1.29 is 9.59 Å². The molecule has 24 heavy (non-hydrogen) atoms. The van der Waals surface area contributed by atoms with E-state index in [1.165, 1.54) is 4.88 Å². The van der Waals surface area contributed by atoms with E-state index < -0.39 is 11.6 Å². The first-order valence-corrected chi connectivity index (χ1v) is 9.02. The maximum atomic E-state index is 12.1. The summed E-state index contributed by atoms with van der Waals surface area (Å²) in [5.41, 5.74) is -0.795. The standard InChI is InChI=1S/C16H23N5O2S/c1-16(13(22)19-15(23)20-16)11-5-7-21(8-6-11)14(17-2)18-10-12-4-3-9-24-12/h3-4,9,11H,5-8,10H2,1-2H3,(H,17,18)(H2,19,20,22,23). The van der Waals surface area contributed by atoms with Crippen molar-refractivity contribution in [2.45, 2.75) is 31.8 Å². The van der Waals surface area contributed by atoms with Gasteiger partial charge in [0.05, 0.1) is 6.54 Å². The number of urea groups is 1. The molecule has 0 saturated carbocycles. The van der Waals surface area contributed by atoms with E-state index in [9.17, 15) is 9.59 Å². The molecule has 1 aromatic rings. The predicted octanol–water partition coefficient (Wildman–Crippen LogP) is 1.13. The lowest BCUT2D eigenvalue weighted by Gasteiger charge is -2.39. The largest absolute Gasteiger partial charge is 0.351 e. The zero-order valence-electron chi connectivity index (χ0n) is 14.0. The van der Waals surface area contributed by atoms with Crippen LogP contribution in [0.4, 0.5) is 4.79 Å². The van der Waals surface area contributed by atoms with Crippen LogP contribution in [0, 0.1) is 5.92 Å². The van der Waals surface area contributed by atoms with Crippen LogP contribution in [0.15, 0.2) is 22.5 Å². The summed E-state index contributed by atoms with van der Waals surface area (Å²) in [6, 6.07) is 3.75. The molecule has 2 aliphatic rings. The minimum atomic E-state index is -0.795. The predicted molar refractivity (Wildman–Crippen MR) is 93.9 cm³/mol. The molecule has 1 unspecified atom stereocenters. The van der Waals surface area contributed by atoms with E-state index in [0.29, 0.717) is 0 Å². The summed E-state index contributed by atoms with van der Waals surface area (Å²) in [6.45, 7) is 4.21. The number of likely N-dealkylation sites (tertiary alicyclic amines) is 1. The van der Waals surface area contributed by atoms with Gasteiger partial charge in [-0.3, -0.25) is 15.1 Å². The quantitative estimate of drug-likeness (QED) is 0.434. The first-order chi connectivity index (χ1) is 11.5. The van der Waals surface area contributed by atoms with Gasteiger partial charge in [-0.1, -0.05) is 6.07 Å². The number of carbonyl (C=O) groups excluding carboxylic acids is 2. The number of guanidine groups is 1. The minimum absolute atomic E-state index is 0.135. The lowest BCUT2D eigenvalue weighted by atomic mass is 9.79. The van der Waals surface area contributed by atoms with Gasteiger partial charge in [0.1, 0.15) is 5.54 Å². The summed E-state index contributed by atoms with van der Waals surface area (Å²) in [6.07, 6.45) is 1.67. The summed E-state index contributed by atoms with van der Waals surface area (Å²) in [7, 11) is 1.79. The summed E-state index contributed by atoms with van der Waals surface area (Å²) >= 11 is 1.72. The molecule has 8 heteroatoms. The van der Waals surface area contributed by atoms with Gasteiger partial charge in [0.15, 0.2) is 5.96 Å². The molecule has 3 N–H and O–H groups in total. The van der Waals surface area contributed by atoms with E-state index in [-0.39, 0.29) is 11.8 Å². The summed E-state index contributed by atoms with van der Waals surface area (Å²) < 4.78 is 0. The molecule has 1 aromatic heterocycles. The van der Waals surface area contributed by atoms with E-state index in [4.69, 9.17) is 0 Å². The maximum absolute atomic E-state index is 12.1. The van der Waals surface area contributed by atoms with E-state index in [0.717, 1.165) is 38.4 Å². The van der Waals surface area contributed by atoms with Crippen LogP contribution in [0.2, 0.25) is 0 Å². The molecule has 0 radical (unpaired) electrons. The van der Waals surface area contributed by atoms with Crippen LogP contribution in [0.5, 0.6) is 0 Å². The van der Waals surface area contributed by atoms with Gasteiger partial charge in [0.2, 0.25) is 0 Å². The third-order valence-electron chi connectivity index (χ3n) is 4.90. The van der Waals surface area contributed by atoms with Gasteiger partial charge < -0.3 is 15.5 Å². The van der Waals surface area contributed by atoms with Crippen LogP contribution in [-0.4, -0.2) is 48.5 Å². The van der Waals surface area contributed by atoms with E-state index in [1.54, 1.807) is 18.4 Å². The van der Waals surface area contributed by atoms with Crippen molar-refractivity contribution in [3.05, 3.63) is 22.4 Å². The molecule has 7 nitrogen and oxygen atoms in total. The minimum Gasteiger partial charge on any atom is -0.351 e. The molecule has 2 aliphatic heterocycles. The average Bonchev–Trinajstić information content (AvgIpc) is 3.17. The highest BCUT2D eigenvalue weighted by Gasteiger charge is 2.48. The van der Waals surface area contributed by atoms with Crippen molar-refractivity contribution in [2.24, 2.45) is 10.9 Å². The zero-order valence-corrected chi connectivity index (χ0v) is 14.8. The lowest BCUT2D eigenvalue weighted by molar-refractivity contribution is -0.125. The summed E-state index contributed by atoms with van der Waals surface area (Å²) in [4.78, 5) is 31.4. The van der Waals surface area contributed by atoms with Crippen LogP contribution in [0.1, 0.15) is 24.6 Å². The van der Waals surface area contributed by atoms with Gasteiger partial charge in [-0.25, -0.2) is 4.79 Å². The Hall–Kier alpha value is -2.09. The topological polar surface area (TPSA) is 85.8 Å². The number of carbonyl (C=O) groups is 2. The number of nitrogens with one attached hydrogen (secondary N) is 3. The molecule has 0 bridgehead atoms. The van der Waals surface area contributed by atoms with Crippen LogP contribution < -0.4 is 16.0 Å². The van der Waals surface area contributed by atoms with E-state index in [1.807, 2.05) is 13.0 Å². The van der Waals surface area contributed by atoms with Gasteiger partial charge in [0, 0.05) is 25.0 Å². The normalized spacial score (nSPS) is 25.6. The third-order valence-corrected chi connectivity index (χ3v) is 5.77. The Morgan fingerprint density at radius 2 is 2.21 bits per heavy atom. The number of thiophene rings is 1. The number of hydrogen-bond donors (Lipinski definition) is 3. The molecular formula is C16H23N5O2S. The Kier molecular flexibility index (Phi) is 4.75. The van der Waals surface area contributed by atoms with Gasteiger partial charge in [-0.05, 0) is 37.1 Å². The molecule has 2 fully saturated rings. The number of nitrogens with zero attached hydrogens (tertiary/aromatic N) is 2. The van der Waals surface area contributed by atoms with Crippen LogP contribution in [0.3, 0.4) is 0 Å². The van der Waals surface area contributed by atoms with Crippen LogP contribution in [0.25, 0.3) is 0 Å². The molecule has 0 aromatic carbocycles. The zero-order chi connectivity index (χ0) is 17.2. The molecule has 1 atom stereocenters. The van der Waals surface area contributed by atoms with Crippen molar-refractivity contribution in [1.82, 2.24) is 20.9 Å². The molecule has 0 spiro atoms. The second-order valence-electron chi connectivity index (χ2n) is 6.35. The molecule has 3 amide bonds. The Morgan fingerprint density at radius 3 is 2.75 bits per heavy atom. The van der Waals surface area contributed by atoms with Crippen molar-refractivity contribution in [2.75, 3.05) is 20.1 Å². The lowest BCUT2D eigenvalue weighted by Crippen LogP contribution is -2.55. The fourth-order valence-electron chi connectivity index (χ4n) is 3.42. The molecule has 3 heterocycles. The number of amides is 3. The number of piperidine rings is 1. The Balaban J connectivity index is 1.56. The molecule has 0 aliphatic carbocycles. The van der Waals surface area contributed by atoms with Crippen molar-refractivity contribution in [1.29, 1.82) is 0 Å². The summed E-state index contributed by atoms with van der Waals surface area (Å²) in [5, 5.41) is 10.6. The number of aliphatic imine (C=N–C) groups is 1. The fraction of sp³-hybridized carbons (Fsp3) is 0.562. The van der Waals surface area contributed by atoms with Crippen molar-refractivity contribution in [3.63, 3.8) is 0 Å². The highest BCUT2D eigenvalue weighted by molar-refractivity contribution is 7.09. The number of imide groups is 1. The monoisotopic (exact) mass is 349 g/mol. The molecule has 2 saturated heterocycles. The average molecular weight is 349 g/mol. The number of rotatable bonds is 3. The maximum Gasteiger partial charge on any atom is 0.322 e. The fourth-order valence-corrected chi connectivity index (χ4v) is 4.07. The second kappa shape index (κ2) is 6.80. The van der Waals surface area contributed by atoms with Gasteiger partial charge in [0.25, 0.3) is 5.91 Å². The Labute approximate surface area is 145 Å². The SMILES string of the molecule is CN=C(NCc1cccs1)N1CCC(C2(C)NC(=O)NC2=O)CC1. The smallest absolute Gasteiger partial charge is 0.322 e. The van der Waals surface area contributed by atoms with Crippen LogP contribution in [-0.2, 0) is 11.3 Å². The first-order valence-electron chi connectivity index (χ1n) is 8.14. The third kappa shape index (κ3) is 3.24. The first kappa shape index (κ1) is 16.8. The van der Waals surface area contributed by atoms with Crippen molar-refractivity contribution in [3.8, 4) is 0 Å². The van der Waals surface area contributed by atoms with Gasteiger partial charge >= 0.3 is 6.03 Å². The molecule has 3 rings (SSSR count). The van der Waals surface area contributed by atoms with Gasteiger partial charge in [-0.2, -0.15) is 0 Å². The highest BCUT2D eigenvalue weighted by atomic mass is 32.1. The van der Waals surface area contributed by atoms with E-state index in [2.05, 4.69) is 37.3 Å². The summed E-state index contributed by atoms with van der Waals surface area (Å²) in [5.74, 6) is 0.800. The Bertz CT molecular complexity index is 637. The molecular weight excluding hydrogens is 326 g/mol. The van der Waals surface area contributed by atoms with E-state index >= 15 is 0 Å². The van der Waals surface area contributed by atoms with Crippen molar-refractivity contribution >= 4 is 29.2 Å². The second-order valence-corrected chi connectivity index (χ2v) is 7.38. The number of hydrogen-bond acceptors (Lipinski definition) is 4. The van der Waals surface area contributed by atoms with Crippen LogP contribution >= 0.6 is 11.3 Å². The van der Waals surface area contributed by atoms with Gasteiger partial charge in [-0.15, -0.1) is 11.3 Å². The highest BCUT2D eigenvalue weighted by Crippen LogP contribution is 2.30.